The van der Waals surface area contributed by atoms with Crippen LogP contribution in [0.4, 0.5) is 0 Å². The zero-order chi connectivity index (χ0) is 16.8. The number of fused-ring (bicyclic) bond motifs is 1. The zero-order valence-corrected chi connectivity index (χ0v) is 15.4. The van der Waals surface area contributed by atoms with Crippen LogP contribution in [0.25, 0.3) is 4.85 Å². The molecule has 0 N–H and O–H groups in total. The smallest absolute Gasteiger partial charge is 0.233 e. The van der Waals surface area contributed by atoms with Crippen molar-refractivity contribution in [3.8, 4) is 0 Å². The van der Waals surface area contributed by atoms with E-state index >= 15 is 0 Å². The van der Waals surface area contributed by atoms with Gasteiger partial charge in [-0.2, -0.15) is 0 Å². The lowest BCUT2D eigenvalue weighted by atomic mass is 9.56. The van der Waals surface area contributed by atoms with Gasteiger partial charge in [-0.05, 0) is 65.2 Å². The molecule has 1 unspecified atom stereocenters. The third-order valence-corrected chi connectivity index (χ3v) is 6.73. The summed E-state index contributed by atoms with van der Waals surface area (Å²) in [6.07, 6.45) is 10.7. The van der Waals surface area contributed by atoms with Crippen molar-refractivity contribution in [3.63, 3.8) is 0 Å². The van der Waals surface area contributed by atoms with Crippen molar-refractivity contribution < 1.29 is 4.74 Å². The van der Waals surface area contributed by atoms with E-state index in [9.17, 15) is 0 Å². The fourth-order valence-electron chi connectivity index (χ4n) is 5.08. The van der Waals surface area contributed by atoms with Crippen molar-refractivity contribution in [3.05, 3.63) is 34.7 Å². The number of hydrogen-bond donors (Lipinski definition) is 0. The Balaban J connectivity index is 1.83. The molecule has 2 nitrogen and oxygen atoms in total. The van der Waals surface area contributed by atoms with Crippen molar-refractivity contribution in [2.45, 2.75) is 84.0 Å². The SMILES string of the molecule is [C-]#[N+][C@@]1(C)CC[C@H]([C@]2(C)OC2CC=C(C)C)[C@H]2C=C(C)CC[C@@H]21. The molecule has 1 saturated heterocycles. The first-order chi connectivity index (χ1) is 10.8. The van der Waals surface area contributed by atoms with E-state index in [0.717, 1.165) is 25.7 Å². The molecule has 23 heavy (non-hydrogen) atoms. The highest BCUT2D eigenvalue weighted by Gasteiger charge is 2.63. The number of hydrogen-bond acceptors (Lipinski definition) is 1. The van der Waals surface area contributed by atoms with E-state index in [-0.39, 0.29) is 11.1 Å². The molecular formula is C21H31NO. The Bertz CT molecular complexity index is 579. The number of epoxide rings is 1. The minimum atomic E-state index is -0.168. The van der Waals surface area contributed by atoms with Crippen LogP contribution in [0, 0.1) is 24.3 Å². The second kappa shape index (κ2) is 5.78. The summed E-state index contributed by atoms with van der Waals surface area (Å²) in [4.78, 5) is 4.07. The van der Waals surface area contributed by atoms with Gasteiger partial charge in [-0.25, -0.2) is 6.57 Å². The van der Waals surface area contributed by atoms with Crippen LogP contribution in [-0.4, -0.2) is 17.2 Å². The maximum Gasteiger partial charge on any atom is 0.233 e. The normalized spacial score (nSPS) is 45.5. The first-order valence-corrected chi connectivity index (χ1v) is 9.17. The number of allylic oxidation sites excluding steroid dienone is 3. The predicted molar refractivity (Wildman–Crippen MR) is 95.0 cm³/mol. The van der Waals surface area contributed by atoms with Crippen LogP contribution >= 0.6 is 0 Å². The molecule has 0 aromatic rings. The molecule has 0 amide bonds. The van der Waals surface area contributed by atoms with Gasteiger partial charge in [0.2, 0.25) is 5.54 Å². The molecule has 0 bridgehead atoms. The molecule has 2 heteroatoms. The summed E-state index contributed by atoms with van der Waals surface area (Å²) in [7, 11) is 0. The first kappa shape index (κ1) is 16.8. The van der Waals surface area contributed by atoms with Crippen molar-refractivity contribution in [1.29, 1.82) is 0 Å². The molecule has 6 atom stereocenters. The van der Waals surface area contributed by atoms with E-state index in [1.54, 1.807) is 0 Å². The molecule has 0 radical (unpaired) electrons. The molecule has 1 saturated carbocycles. The largest absolute Gasteiger partial charge is 0.366 e. The number of rotatable bonds is 3. The Morgan fingerprint density at radius 2 is 2.09 bits per heavy atom. The van der Waals surface area contributed by atoms with E-state index in [1.807, 2.05) is 0 Å². The fraction of sp³-hybridized carbons (Fsp3) is 0.762. The summed E-state index contributed by atoms with van der Waals surface area (Å²) in [5.41, 5.74) is 2.74. The molecule has 3 rings (SSSR count). The van der Waals surface area contributed by atoms with Gasteiger partial charge < -0.3 is 9.58 Å². The Labute approximate surface area is 141 Å². The average molecular weight is 313 g/mol. The van der Waals surface area contributed by atoms with Crippen LogP contribution in [0.1, 0.15) is 66.7 Å². The highest BCUT2D eigenvalue weighted by atomic mass is 16.6. The Morgan fingerprint density at radius 1 is 1.35 bits per heavy atom. The summed E-state index contributed by atoms with van der Waals surface area (Å²) in [6.45, 7) is 18.8. The van der Waals surface area contributed by atoms with Crippen molar-refractivity contribution in [2.24, 2.45) is 17.8 Å². The minimum Gasteiger partial charge on any atom is -0.366 e. The van der Waals surface area contributed by atoms with E-state index in [4.69, 9.17) is 11.3 Å². The summed E-state index contributed by atoms with van der Waals surface area (Å²) in [6, 6.07) is 0. The van der Waals surface area contributed by atoms with Crippen LogP contribution in [0.2, 0.25) is 0 Å². The standard InChI is InChI=1S/C21H31NO/c1-14(2)7-10-19-21(5,23-19)18-11-12-20(4,22-6)17-9-8-15(3)13-16(17)18/h7,13,16-19H,8-12H2,1-5H3/t16-,17-,18-,19?,20-,21-/m0/s1. The quantitative estimate of drug-likeness (QED) is 0.378. The van der Waals surface area contributed by atoms with Crippen LogP contribution in [0.3, 0.4) is 0 Å². The second-order valence-corrected chi connectivity index (χ2v) is 8.66. The van der Waals surface area contributed by atoms with Gasteiger partial charge in [0.25, 0.3) is 0 Å². The highest BCUT2D eigenvalue weighted by molar-refractivity contribution is 5.22. The molecular weight excluding hydrogens is 282 g/mol. The van der Waals surface area contributed by atoms with Crippen molar-refractivity contribution in [2.75, 3.05) is 0 Å². The summed E-state index contributed by atoms with van der Waals surface area (Å²) in [5.74, 6) is 1.61. The first-order valence-electron chi connectivity index (χ1n) is 9.17. The molecule has 0 spiro atoms. The third kappa shape index (κ3) is 2.89. The summed E-state index contributed by atoms with van der Waals surface area (Å²) in [5, 5.41) is 0. The predicted octanol–water partition coefficient (Wildman–Crippen LogP) is 5.56. The van der Waals surface area contributed by atoms with Gasteiger partial charge in [0.1, 0.15) is 0 Å². The van der Waals surface area contributed by atoms with Crippen LogP contribution in [0.15, 0.2) is 23.3 Å². The third-order valence-electron chi connectivity index (χ3n) is 6.73. The van der Waals surface area contributed by atoms with Gasteiger partial charge in [0, 0.05) is 19.3 Å². The van der Waals surface area contributed by atoms with Gasteiger partial charge in [-0.3, -0.25) is 0 Å². The number of nitrogens with zero attached hydrogens (tertiary/aromatic N) is 1. The van der Waals surface area contributed by atoms with Crippen LogP contribution < -0.4 is 0 Å². The lowest BCUT2D eigenvalue weighted by molar-refractivity contribution is 0.0623. The maximum absolute atomic E-state index is 7.72. The molecule has 2 aliphatic carbocycles. The van der Waals surface area contributed by atoms with Gasteiger partial charge in [0.05, 0.1) is 11.7 Å². The summed E-state index contributed by atoms with van der Waals surface area (Å²) >= 11 is 0. The molecule has 0 aromatic carbocycles. The Kier molecular flexibility index (Phi) is 4.21. The van der Waals surface area contributed by atoms with Gasteiger partial charge in [-0.15, -0.1) is 0 Å². The summed E-state index contributed by atoms with van der Waals surface area (Å²) < 4.78 is 6.23. The fourth-order valence-corrected chi connectivity index (χ4v) is 5.08. The van der Waals surface area contributed by atoms with E-state index in [1.165, 1.54) is 17.6 Å². The molecule has 3 aliphatic rings. The molecule has 1 aliphatic heterocycles. The van der Waals surface area contributed by atoms with E-state index in [2.05, 4.69) is 51.6 Å². The molecule has 0 aromatic heterocycles. The molecule has 126 valence electrons. The minimum absolute atomic E-state index is 0.0202. The lowest BCUT2D eigenvalue weighted by Gasteiger charge is -2.46. The molecule has 1 heterocycles. The van der Waals surface area contributed by atoms with E-state index < -0.39 is 0 Å². The monoisotopic (exact) mass is 313 g/mol. The average Bonchev–Trinajstić information content (AvgIpc) is 3.16. The zero-order valence-electron chi connectivity index (χ0n) is 15.4. The van der Waals surface area contributed by atoms with Crippen molar-refractivity contribution >= 4 is 0 Å². The van der Waals surface area contributed by atoms with Gasteiger partial charge in [-0.1, -0.05) is 23.3 Å². The lowest BCUT2D eigenvalue weighted by Crippen LogP contribution is -2.49. The molecule has 2 fully saturated rings. The number of ether oxygens (including phenoxy) is 1. The van der Waals surface area contributed by atoms with Crippen molar-refractivity contribution in [1.82, 2.24) is 0 Å². The van der Waals surface area contributed by atoms with Crippen LogP contribution in [0.5, 0.6) is 0 Å². The van der Waals surface area contributed by atoms with Gasteiger partial charge in [0.15, 0.2) is 0 Å². The van der Waals surface area contributed by atoms with E-state index in [0.29, 0.717) is 23.9 Å². The second-order valence-electron chi connectivity index (χ2n) is 8.66. The Morgan fingerprint density at radius 3 is 2.74 bits per heavy atom. The highest BCUT2D eigenvalue weighted by Crippen LogP contribution is 2.58. The topological polar surface area (TPSA) is 16.9 Å². The van der Waals surface area contributed by atoms with Gasteiger partial charge >= 0.3 is 0 Å². The Hall–Kier alpha value is -1.07. The van der Waals surface area contributed by atoms with Crippen LogP contribution in [-0.2, 0) is 4.74 Å². The maximum atomic E-state index is 7.72.